The fourth-order valence-corrected chi connectivity index (χ4v) is 9.28. The number of hydrogen-bond acceptors (Lipinski definition) is 3. The number of hydrogen-bond donors (Lipinski definition) is 1. The van der Waals surface area contributed by atoms with E-state index in [1.807, 2.05) is 11.8 Å². The molecule has 2 unspecified atom stereocenters. The highest BCUT2D eigenvalue weighted by molar-refractivity contribution is 8.00. The average molecular weight is 779 g/mol. The summed E-state index contributed by atoms with van der Waals surface area (Å²) < 4.78 is 0. The maximum absolute atomic E-state index is 4.61. The highest BCUT2D eigenvalue weighted by Crippen LogP contribution is 2.39. The van der Waals surface area contributed by atoms with Crippen molar-refractivity contribution in [1.82, 2.24) is 5.32 Å². The standard InChI is InChI=1S/C56H46N2S/c1-38(2)59-56-28-15-14-27-50(56)54(57-3)37-51(41-19-8-5-9-20-41)44-23-16-22-43(33-44)40-29-31-42(32-30-40)53-35-46(39-17-6-4-7-18-39)36-55(58-53)52-34-45-21-10-11-24-47(45)48-25-12-13-26-49(48)52/h4-38,51,53,58H,3H2,1-2H3/b54-37-. The molecule has 1 aliphatic rings. The number of fused-ring (bicyclic) bond motifs is 3. The summed E-state index contributed by atoms with van der Waals surface area (Å²) in [5.74, 6) is -0.0163. The number of thioether (sulfide) groups is 1. The van der Waals surface area contributed by atoms with Gasteiger partial charge < -0.3 is 5.32 Å². The Morgan fingerprint density at radius 1 is 0.610 bits per heavy atom. The van der Waals surface area contributed by atoms with Crippen molar-refractivity contribution in [3.8, 4) is 11.1 Å². The van der Waals surface area contributed by atoms with Crippen molar-refractivity contribution in [1.29, 1.82) is 0 Å². The number of rotatable bonds is 11. The number of nitrogens with zero attached hydrogens (tertiary/aromatic N) is 1. The Hall–Kier alpha value is -6.68. The number of aliphatic imine (C=N–C) groups is 1. The Morgan fingerprint density at radius 2 is 1.25 bits per heavy atom. The Kier molecular flexibility index (Phi) is 10.9. The Morgan fingerprint density at radius 3 is 2.02 bits per heavy atom. The molecule has 286 valence electrons. The van der Waals surface area contributed by atoms with Gasteiger partial charge in [-0.15, -0.1) is 11.8 Å². The molecule has 0 amide bonds. The van der Waals surface area contributed by atoms with Gasteiger partial charge in [-0.05, 0) is 97.6 Å². The zero-order valence-corrected chi connectivity index (χ0v) is 34.2. The lowest BCUT2D eigenvalue weighted by atomic mass is 9.87. The maximum atomic E-state index is 4.61. The summed E-state index contributed by atoms with van der Waals surface area (Å²) in [6.07, 6.45) is 6.95. The minimum atomic E-state index is -0.0232. The molecule has 0 fully saturated rings. The zero-order chi connectivity index (χ0) is 40.1. The van der Waals surface area contributed by atoms with E-state index in [9.17, 15) is 0 Å². The molecule has 0 bridgehead atoms. The van der Waals surface area contributed by atoms with Gasteiger partial charge in [0.15, 0.2) is 0 Å². The van der Waals surface area contributed by atoms with Gasteiger partial charge in [0.1, 0.15) is 0 Å². The molecule has 8 aromatic carbocycles. The summed E-state index contributed by atoms with van der Waals surface area (Å²) in [6, 6.07) is 67.8. The van der Waals surface area contributed by atoms with Crippen molar-refractivity contribution < 1.29 is 0 Å². The summed E-state index contributed by atoms with van der Waals surface area (Å²) in [5, 5.41) is 9.42. The molecule has 0 saturated carbocycles. The van der Waals surface area contributed by atoms with Gasteiger partial charge in [-0.3, -0.25) is 4.99 Å². The highest BCUT2D eigenvalue weighted by atomic mass is 32.2. The van der Waals surface area contributed by atoms with Gasteiger partial charge in [0.25, 0.3) is 0 Å². The summed E-state index contributed by atoms with van der Waals surface area (Å²) in [6.45, 7) is 8.49. The van der Waals surface area contributed by atoms with Crippen LogP contribution in [0.5, 0.6) is 0 Å². The van der Waals surface area contributed by atoms with Gasteiger partial charge in [-0.2, -0.15) is 0 Å². The van der Waals surface area contributed by atoms with Crippen LogP contribution in [-0.2, 0) is 0 Å². The van der Waals surface area contributed by atoms with E-state index in [-0.39, 0.29) is 12.0 Å². The number of benzene rings is 8. The van der Waals surface area contributed by atoms with Crippen molar-refractivity contribution in [2.75, 3.05) is 0 Å². The molecule has 9 rings (SSSR count). The van der Waals surface area contributed by atoms with E-state index in [1.54, 1.807) is 0 Å². The molecule has 59 heavy (non-hydrogen) atoms. The van der Waals surface area contributed by atoms with Crippen LogP contribution in [0.4, 0.5) is 0 Å². The van der Waals surface area contributed by atoms with Crippen LogP contribution in [0, 0.1) is 0 Å². The molecule has 2 nitrogen and oxygen atoms in total. The molecule has 0 spiro atoms. The summed E-state index contributed by atoms with van der Waals surface area (Å²) in [4.78, 5) is 5.83. The van der Waals surface area contributed by atoms with E-state index >= 15 is 0 Å². The number of allylic oxidation sites excluding steroid dienone is 3. The van der Waals surface area contributed by atoms with Crippen LogP contribution in [0.25, 0.3) is 49.6 Å². The smallest absolute Gasteiger partial charge is 0.0707 e. The molecule has 0 aliphatic carbocycles. The molecule has 0 radical (unpaired) electrons. The molecule has 2 atom stereocenters. The van der Waals surface area contributed by atoms with Crippen LogP contribution in [-0.4, -0.2) is 12.0 Å². The van der Waals surface area contributed by atoms with Gasteiger partial charge in [0.05, 0.1) is 11.7 Å². The molecular formula is C56H46N2S. The summed E-state index contributed by atoms with van der Waals surface area (Å²) in [7, 11) is 0. The first kappa shape index (κ1) is 37.9. The van der Waals surface area contributed by atoms with Gasteiger partial charge in [0, 0.05) is 32.9 Å². The second kappa shape index (κ2) is 17.0. The molecule has 3 heteroatoms. The SMILES string of the molecule is C=N/C(=C\C(c1ccccc1)c1cccc(-c2ccc(C3C=C(c4ccccc4)C=C(c4cc5ccccc5c5ccccc45)N3)cc2)c1)c1ccccc1SC(C)C. The second-order valence-electron chi connectivity index (χ2n) is 15.4. The first-order valence-corrected chi connectivity index (χ1v) is 21.3. The topological polar surface area (TPSA) is 24.4 Å². The van der Waals surface area contributed by atoms with Crippen molar-refractivity contribution in [3.05, 3.63) is 240 Å². The predicted octanol–water partition coefficient (Wildman–Crippen LogP) is 14.8. The van der Waals surface area contributed by atoms with Crippen LogP contribution in [0.3, 0.4) is 0 Å². The Bertz CT molecular complexity index is 2870. The van der Waals surface area contributed by atoms with E-state index in [2.05, 4.69) is 237 Å². The lowest BCUT2D eigenvalue weighted by Crippen LogP contribution is -2.22. The van der Waals surface area contributed by atoms with Crippen molar-refractivity contribution >= 4 is 57.0 Å². The number of dihydropyridines is 1. The maximum Gasteiger partial charge on any atom is 0.0707 e. The minimum Gasteiger partial charge on any atom is -0.374 e. The first-order chi connectivity index (χ1) is 29.0. The van der Waals surface area contributed by atoms with Gasteiger partial charge in [-0.25, -0.2) is 0 Å². The largest absolute Gasteiger partial charge is 0.374 e. The molecule has 0 aromatic heterocycles. The van der Waals surface area contributed by atoms with Crippen LogP contribution in [0.15, 0.2) is 216 Å². The third kappa shape index (κ3) is 8.08. The minimum absolute atomic E-state index is 0.0163. The van der Waals surface area contributed by atoms with E-state index in [1.165, 1.54) is 71.0 Å². The fourth-order valence-electron chi connectivity index (χ4n) is 8.32. The first-order valence-electron chi connectivity index (χ1n) is 20.4. The van der Waals surface area contributed by atoms with E-state index in [4.69, 9.17) is 0 Å². The zero-order valence-electron chi connectivity index (χ0n) is 33.4. The predicted molar refractivity (Wildman–Crippen MR) is 255 cm³/mol. The van der Waals surface area contributed by atoms with Crippen LogP contribution in [0.2, 0.25) is 0 Å². The molecule has 1 N–H and O–H groups in total. The quantitative estimate of drug-likeness (QED) is 0.0803. The third-order valence-corrected chi connectivity index (χ3v) is 12.2. The van der Waals surface area contributed by atoms with Gasteiger partial charge >= 0.3 is 0 Å². The van der Waals surface area contributed by atoms with E-state index < -0.39 is 0 Å². The van der Waals surface area contributed by atoms with Crippen LogP contribution >= 0.6 is 11.8 Å². The van der Waals surface area contributed by atoms with Crippen LogP contribution in [0.1, 0.15) is 59.2 Å². The van der Waals surface area contributed by atoms with Gasteiger partial charge in [-0.1, -0.05) is 190 Å². The summed E-state index contributed by atoms with van der Waals surface area (Å²) >= 11 is 1.86. The fraction of sp³-hybridized carbons (Fsp3) is 0.0893. The summed E-state index contributed by atoms with van der Waals surface area (Å²) in [5.41, 5.74) is 12.7. The molecule has 8 aromatic rings. The van der Waals surface area contributed by atoms with Crippen molar-refractivity contribution in [2.45, 2.75) is 36.0 Å². The van der Waals surface area contributed by atoms with E-state index in [0.29, 0.717) is 5.25 Å². The van der Waals surface area contributed by atoms with E-state index in [0.717, 1.165) is 17.0 Å². The molecular weight excluding hydrogens is 733 g/mol. The Balaban J connectivity index is 1.07. The number of nitrogens with one attached hydrogen (secondary N) is 1. The third-order valence-electron chi connectivity index (χ3n) is 11.2. The molecule has 0 saturated heterocycles. The van der Waals surface area contributed by atoms with Crippen molar-refractivity contribution in [3.63, 3.8) is 0 Å². The monoisotopic (exact) mass is 778 g/mol. The lowest BCUT2D eigenvalue weighted by molar-refractivity contribution is 0.767. The lowest BCUT2D eigenvalue weighted by Gasteiger charge is -2.27. The Labute approximate surface area is 352 Å². The average Bonchev–Trinajstić information content (AvgIpc) is 3.30. The normalized spacial score (nSPS) is 14.8. The van der Waals surface area contributed by atoms with Crippen molar-refractivity contribution in [2.24, 2.45) is 4.99 Å². The second-order valence-corrected chi connectivity index (χ2v) is 17.0. The molecule has 1 aliphatic heterocycles. The van der Waals surface area contributed by atoms with Gasteiger partial charge in [0.2, 0.25) is 0 Å². The van der Waals surface area contributed by atoms with Crippen LogP contribution < -0.4 is 5.32 Å². The highest BCUT2D eigenvalue weighted by Gasteiger charge is 2.21. The molecule has 1 heterocycles.